The second kappa shape index (κ2) is 3.16. The third-order valence-electron chi connectivity index (χ3n) is 2.18. The molecule has 72 valence electrons. The Hall–Kier alpha value is -0.810. The molecule has 1 aliphatic rings. The monoisotopic (exact) mass is 201 g/mol. The van der Waals surface area contributed by atoms with Crippen LogP contribution < -0.4 is 5.32 Å². The van der Waals surface area contributed by atoms with Crippen molar-refractivity contribution in [1.82, 2.24) is 5.32 Å². The molecule has 5 heteroatoms. The first-order valence-electron chi connectivity index (χ1n) is 4.13. The van der Waals surface area contributed by atoms with E-state index < -0.39 is 9.84 Å². The number of hydrogen-bond donors (Lipinski definition) is 1. The number of sulfone groups is 1. The lowest BCUT2D eigenvalue weighted by atomic mass is 10.3. The maximum Gasteiger partial charge on any atom is 0.162 e. The van der Waals surface area contributed by atoms with Crippen molar-refractivity contribution in [3.8, 4) is 0 Å². The summed E-state index contributed by atoms with van der Waals surface area (Å²) in [7, 11) is -3.00. The highest BCUT2D eigenvalue weighted by molar-refractivity contribution is 7.91. The highest BCUT2D eigenvalue weighted by Gasteiger charge is 2.31. The molecule has 0 aliphatic carbocycles. The summed E-state index contributed by atoms with van der Waals surface area (Å²) in [5.74, 6) is 0.540. The molecular formula is C8H11NO3S. The molecule has 0 saturated carbocycles. The topological polar surface area (TPSA) is 59.3 Å². The van der Waals surface area contributed by atoms with Crippen molar-refractivity contribution in [3.63, 3.8) is 0 Å². The normalized spacial score (nSPS) is 18.5. The van der Waals surface area contributed by atoms with Gasteiger partial charge in [0.1, 0.15) is 11.5 Å². The zero-order valence-electron chi connectivity index (χ0n) is 7.06. The van der Waals surface area contributed by atoms with Gasteiger partial charge in [-0.1, -0.05) is 0 Å². The lowest BCUT2D eigenvalue weighted by Crippen LogP contribution is -2.51. The Labute approximate surface area is 76.9 Å². The average Bonchev–Trinajstić information content (AvgIpc) is 2.32. The van der Waals surface area contributed by atoms with Gasteiger partial charge in [-0.3, -0.25) is 0 Å². The van der Waals surface area contributed by atoms with Crippen LogP contribution in [0.5, 0.6) is 0 Å². The molecule has 1 fully saturated rings. The van der Waals surface area contributed by atoms with Gasteiger partial charge >= 0.3 is 0 Å². The van der Waals surface area contributed by atoms with Crippen molar-refractivity contribution < 1.29 is 12.8 Å². The fraction of sp³-hybridized carbons (Fsp3) is 0.500. The second-order valence-corrected chi connectivity index (χ2v) is 5.45. The first-order chi connectivity index (χ1) is 6.18. The van der Waals surface area contributed by atoms with Crippen molar-refractivity contribution in [3.05, 3.63) is 24.2 Å². The van der Waals surface area contributed by atoms with Crippen LogP contribution in [0, 0.1) is 0 Å². The third-order valence-corrected chi connectivity index (χ3v) is 4.21. The van der Waals surface area contributed by atoms with Gasteiger partial charge in [-0.05, 0) is 12.1 Å². The molecule has 1 aliphatic heterocycles. The highest BCUT2D eigenvalue weighted by atomic mass is 32.2. The van der Waals surface area contributed by atoms with Crippen LogP contribution in [0.15, 0.2) is 22.8 Å². The van der Waals surface area contributed by atoms with Gasteiger partial charge in [0.05, 0.1) is 11.5 Å². The van der Waals surface area contributed by atoms with Gasteiger partial charge < -0.3 is 9.73 Å². The van der Waals surface area contributed by atoms with Gasteiger partial charge in [0.25, 0.3) is 0 Å². The second-order valence-electron chi connectivity index (χ2n) is 3.17. The molecular weight excluding hydrogens is 190 g/mol. The van der Waals surface area contributed by atoms with Gasteiger partial charge in [0.15, 0.2) is 9.84 Å². The van der Waals surface area contributed by atoms with Crippen molar-refractivity contribution in [2.24, 2.45) is 0 Å². The Morgan fingerprint density at radius 2 is 2.31 bits per heavy atom. The fourth-order valence-electron chi connectivity index (χ4n) is 1.23. The summed E-state index contributed by atoms with van der Waals surface area (Å²) in [6.07, 6.45) is 1.49. The minimum absolute atomic E-state index is 0.0202. The predicted octanol–water partition coefficient (Wildman–Crippen LogP) is 0.166. The Kier molecular flexibility index (Phi) is 2.13. The van der Waals surface area contributed by atoms with Crippen molar-refractivity contribution >= 4 is 9.84 Å². The number of furan rings is 1. The van der Waals surface area contributed by atoms with E-state index in [2.05, 4.69) is 5.32 Å². The standard InChI is InChI=1S/C8H11NO3S/c10-13(11,8-4-9-5-8)6-7-2-1-3-12-7/h1-3,8-9H,4-6H2. The molecule has 0 spiro atoms. The quantitative estimate of drug-likeness (QED) is 0.757. The first kappa shape index (κ1) is 8.77. The van der Waals surface area contributed by atoms with Crippen LogP contribution in [-0.2, 0) is 15.6 Å². The smallest absolute Gasteiger partial charge is 0.162 e. The number of nitrogens with one attached hydrogen (secondary N) is 1. The molecule has 4 nitrogen and oxygen atoms in total. The van der Waals surface area contributed by atoms with E-state index in [1.165, 1.54) is 6.26 Å². The van der Waals surface area contributed by atoms with Gasteiger partial charge in [0.2, 0.25) is 0 Å². The highest BCUT2D eigenvalue weighted by Crippen LogP contribution is 2.14. The average molecular weight is 201 g/mol. The zero-order chi connectivity index (χ0) is 9.31. The van der Waals surface area contributed by atoms with Crippen LogP contribution in [-0.4, -0.2) is 26.8 Å². The van der Waals surface area contributed by atoms with Crippen LogP contribution in [0.1, 0.15) is 5.76 Å². The van der Waals surface area contributed by atoms with Crippen molar-refractivity contribution in [2.45, 2.75) is 11.0 Å². The van der Waals surface area contributed by atoms with Crippen LogP contribution in [0.3, 0.4) is 0 Å². The summed E-state index contributed by atoms with van der Waals surface area (Å²) in [4.78, 5) is 0. The van der Waals surface area contributed by atoms with E-state index in [1.807, 2.05) is 0 Å². The summed E-state index contributed by atoms with van der Waals surface area (Å²) >= 11 is 0. The summed E-state index contributed by atoms with van der Waals surface area (Å²) in [5, 5.41) is 2.71. The Morgan fingerprint density at radius 1 is 1.54 bits per heavy atom. The lowest BCUT2D eigenvalue weighted by Gasteiger charge is -2.26. The fourth-order valence-corrected chi connectivity index (χ4v) is 2.77. The van der Waals surface area contributed by atoms with Crippen LogP contribution in [0.25, 0.3) is 0 Å². The van der Waals surface area contributed by atoms with E-state index in [0.717, 1.165) is 0 Å². The van der Waals surface area contributed by atoms with E-state index in [4.69, 9.17) is 4.42 Å². The lowest BCUT2D eigenvalue weighted by molar-refractivity contribution is 0.484. The van der Waals surface area contributed by atoms with Gasteiger partial charge in [-0.25, -0.2) is 8.42 Å². The minimum atomic E-state index is -3.00. The molecule has 1 saturated heterocycles. The van der Waals surface area contributed by atoms with Gasteiger partial charge in [0, 0.05) is 13.1 Å². The molecule has 0 bridgehead atoms. The number of hydrogen-bond acceptors (Lipinski definition) is 4. The minimum Gasteiger partial charge on any atom is -0.468 e. The molecule has 1 aromatic heterocycles. The maximum absolute atomic E-state index is 11.6. The van der Waals surface area contributed by atoms with Gasteiger partial charge in [-0.2, -0.15) is 0 Å². The summed E-state index contributed by atoms with van der Waals surface area (Å²) in [6.45, 7) is 1.14. The van der Waals surface area contributed by atoms with Gasteiger partial charge in [-0.15, -0.1) is 0 Å². The van der Waals surface area contributed by atoms with E-state index in [9.17, 15) is 8.42 Å². The van der Waals surface area contributed by atoms with E-state index in [-0.39, 0.29) is 11.0 Å². The zero-order valence-corrected chi connectivity index (χ0v) is 7.88. The molecule has 0 radical (unpaired) electrons. The molecule has 13 heavy (non-hydrogen) atoms. The summed E-state index contributed by atoms with van der Waals surface area (Å²) in [5.41, 5.74) is 0. The van der Waals surface area contributed by atoms with Crippen molar-refractivity contribution in [2.75, 3.05) is 13.1 Å². The largest absolute Gasteiger partial charge is 0.468 e. The Balaban J connectivity index is 2.08. The molecule has 1 N–H and O–H groups in total. The molecule has 0 aromatic carbocycles. The van der Waals surface area contributed by atoms with Crippen molar-refractivity contribution in [1.29, 1.82) is 0 Å². The molecule has 1 aromatic rings. The first-order valence-corrected chi connectivity index (χ1v) is 5.85. The Bertz CT molecular complexity index is 364. The van der Waals surface area contributed by atoms with Crippen LogP contribution >= 0.6 is 0 Å². The molecule has 0 unspecified atom stereocenters. The third kappa shape index (κ3) is 1.76. The maximum atomic E-state index is 11.6. The molecule has 2 rings (SSSR count). The Morgan fingerprint density at radius 3 is 2.77 bits per heavy atom. The SMILES string of the molecule is O=S(=O)(Cc1ccco1)C1CNC1. The summed E-state index contributed by atoms with van der Waals surface area (Å²) in [6, 6.07) is 3.38. The van der Waals surface area contributed by atoms with E-state index >= 15 is 0 Å². The van der Waals surface area contributed by atoms with E-state index in [0.29, 0.717) is 18.8 Å². The van der Waals surface area contributed by atoms with Crippen LogP contribution in [0.4, 0.5) is 0 Å². The molecule has 2 heterocycles. The molecule has 0 atom stereocenters. The predicted molar refractivity (Wildman–Crippen MR) is 48.0 cm³/mol. The summed E-state index contributed by atoms with van der Waals surface area (Å²) < 4.78 is 28.1. The van der Waals surface area contributed by atoms with E-state index in [1.54, 1.807) is 12.1 Å². The number of rotatable bonds is 3. The van der Waals surface area contributed by atoms with Crippen LogP contribution in [0.2, 0.25) is 0 Å². The molecule has 0 amide bonds.